The van der Waals surface area contributed by atoms with Crippen molar-refractivity contribution in [3.63, 3.8) is 0 Å². The highest BCUT2D eigenvalue weighted by Crippen LogP contribution is 2.46. The molecule has 0 bridgehead atoms. The van der Waals surface area contributed by atoms with Crippen molar-refractivity contribution >= 4 is 33.5 Å². The smallest absolute Gasteiger partial charge is 0.324 e. The number of benzene rings is 1. The van der Waals surface area contributed by atoms with Gasteiger partial charge in [-0.25, -0.2) is 0 Å². The minimum absolute atomic E-state index is 0.0815. The first-order valence-electron chi connectivity index (χ1n) is 8.47. The fraction of sp³-hybridized carbons (Fsp3) is 0.316. The molecule has 1 aromatic heterocycles. The summed E-state index contributed by atoms with van der Waals surface area (Å²) >= 11 is 1.11. The van der Waals surface area contributed by atoms with Gasteiger partial charge in [-0.15, -0.1) is 0 Å². The predicted octanol–water partition coefficient (Wildman–Crippen LogP) is 4.88. The van der Waals surface area contributed by atoms with Gasteiger partial charge >= 0.3 is 5.00 Å². The molecule has 0 spiro atoms. The van der Waals surface area contributed by atoms with E-state index in [-0.39, 0.29) is 22.2 Å². The molecule has 0 saturated carbocycles. The predicted molar refractivity (Wildman–Crippen MR) is 102 cm³/mol. The lowest BCUT2D eigenvalue weighted by Crippen LogP contribution is -2.31. The van der Waals surface area contributed by atoms with E-state index in [1.54, 1.807) is 6.07 Å². The first-order chi connectivity index (χ1) is 12.3. The van der Waals surface area contributed by atoms with Crippen LogP contribution >= 0.6 is 11.3 Å². The molecule has 0 fully saturated rings. The molecule has 1 aliphatic carbocycles. The molecule has 26 heavy (non-hydrogen) atoms. The number of Topliss-reactive ketones (excluding diaryl/α,β-unsaturated/α-hetero) is 1. The number of para-hydroxylation sites is 2. The number of hydrogen-bond donors (Lipinski definition) is 2. The van der Waals surface area contributed by atoms with Crippen LogP contribution in [0.25, 0.3) is 0 Å². The number of anilines is 2. The maximum atomic E-state index is 13.0. The number of carbonyl (C=O) groups excluding carboxylic acids is 1. The van der Waals surface area contributed by atoms with Crippen LogP contribution in [-0.2, 0) is 4.79 Å². The van der Waals surface area contributed by atoms with Gasteiger partial charge in [-0.3, -0.25) is 14.9 Å². The highest BCUT2D eigenvalue weighted by Gasteiger charge is 2.39. The molecular formula is C19H19N3O3S. The summed E-state index contributed by atoms with van der Waals surface area (Å²) in [4.78, 5) is 24.5. The zero-order chi connectivity index (χ0) is 18.5. The Hall–Kier alpha value is -2.67. The third-order valence-corrected chi connectivity index (χ3v) is 5.90. The Kier molecular flexibility index (Phi) is 3.84. The Morgan fingerprint density at radius 1 is 1.15 bits per heavy atom. The number of fused-ring (bicyclic) bond motifs is 1. The van der Waals surface area contributed by atoms with E-state index in [4.69, 9.17) is 0 Å². The van der Waals surface area contributed by atoms with Gasteiger partial charge < -0.3 is 10.6 Å². The molecule has 2 aromatic rings. The summed E-state index contributed by atoms with van der Waals surface area (Å²) in [5, 5.41) is 18.1. The minimum atomic E-state index is -0.391. The number of nitro groups is 1. The SMILES string of the molecule is CC1(C)CC(=O)C2=C(C1)Nc1ccccc1N[C@@H]2c1ccc([N+](=O)[O-])s1. The van der Waals surface area contributed by atoms with Gasteiger partial charge in [-0.05, 0) is 30.0 Å². The molecule has 2 heterocycles. The Labute approximate surface area is 155 Å². The Morgan fingerprint density at radius 2 is 1.88 bits per heavy atom. The van der Waals surface area contributed by atoms with Crippen LogP contribution in [0.4, 0.5) is 16.4 Å². The highest BCUT2D eigenvalue weighted by atomic mass is 32.1. The molecule has 1 atom stereocenters. The molecule has 0 amide bonds. The third-order valence-electron chi connectivity index (χ3n) is 4.80. The lowest BCUT2D eigenvalue weighted by Gasteiger charge is -2.33. The number of thiophene rings is 1. The standard InChI is InChI=1S/C19H19N3O3S/c1-19(2)9-13-17(14(23)10-19)18(15-7-8-16(26-15)22(24)25)21-12-6-4-3-5-11(12)20-13/h3-8,18,20-21H,9-10H2,1-2H3/t18-/m1/s1. The van der Waals surface area contributed by atoms with Crippen molar-refractivity contribution in [2.24, 2.45) is 5.41 Å². The van der Waals surface area contributed by atoms with Gasteiger partial charge in [0.1, 0.15) is 0 Å². The largest absolute Gasteiger partial charge is 0.372 e. The van der Waals surface area contributed by atoms with Gasteiger partial charge in [0.25, 0.3) is 0 Å². The van der Waals surface area contributed by atoms with Crippen LogP contribution in [0.3, 0.4) is 0 Å². The van der Waals surface area contributed by atoms with E-state index in [9.17, 15) is 14.9 Å². The van der Waals surface area contributed by atoms with Gasteiger partial charge in [0.2, 0.25) is 0 Å². The third kappa shape index (κ3) is 2.88. The van der Waals surface area contributed by atoms with E-state index < -0.39 is 4.92 Å². The maximum absolute atomic E-state index is 13.0. The number of nitrogens with zero attached hydrogens (tertiary/aromatic N) is 1. The molecule has 4 rings (SSSR count). The first-order valence-corrected chi connectivity index (χ1v) is 9.29. The fourth-order valence-corrected chi connectivity index (χ4v) is 4.58. The summed E-state index contributed by atoms with van der Waals surface area (Å²) in [5.41, 5.74) is 3.28. The molecule has 0 unspecified atom stereocenters. The van der Waals surface area contributed by atoms with Crippen LogP contribution in [0, 0.1) is 15.5 Å². The minimum Gasteiger partial charge on any atom is -0.372 e. The van der Waals surface area contributed by atoms with E-state index in [0.717, 1.165) is 39.7 Å². The van der Waals surface area contributed by atoms with Crippen LogP contribution in [0.2, 0.25) is 0 Å². The Balaban J connectivity index is 1.86. The van der Waals surface area contributed by atoms with E-state index in [1.165, 1.54) is 6.07 Å². The number of rotatable bonds is 2. The summed E-state index contributed by atoms with van der Waals surface area (Å²) in [6.45, 7) is 4.18. The lowest BCUT2D eigenvalue weighted by atomic mass is 9.74. The van der Waals surface area contributed by atoms with Gasteiger partial charge in [0.15, 0.2) is 5.78 Å². The number of allylic oxidation sites excluding steroid dienone is 1. The van der Waals surface area contributed by atoms with Crippen molar-refractivity contribution < 1.29 is 9.72 Å². The number of ketones is 1. The Morgan fingerprint density at radius 3 is 2.58 bits per heavy atom. The second-order valence-corrected chi connectivity index (χ2v) is 8.61. The first kappa shape index (κ1) is 16.8. The quantitative estimate of drug-likeness (QED) is 0.582. The average molecular weight is 369 g/mol. The molecule has 0 radical (unpaired) electrons. The van der Waals surface area contributed by atoms with E-state index in [1.807, 2.05) is 24.3 Å². The molecule has 2 N–H and O–H groups in total. The normalized spacial score (nSPS) is 21.2. The second kappa shape index (κ2) is 5.95. The number of carbonyl (C=O) groups is 1. The molecule has 0 saturated heterocycles. The number of nitrogens with one attached hydrogen (secondary N) is 2. The summed E-state index contributed by atoms with van der Waals surface area (Å²) < 4.78 is 0. The van der Waals surface area contributed by atoms with E-state index >= 15 is 0 Å². The van der Waals surface area contributed by atoms with Crippen LogP contribution in [0.5, 0.6) is 0 Å². The topological polar surface area (TPSA) is 84.3 Å². The molecule has 2 aliphatic rings. The van der Waals surface area contributed by atoms with Crippen LogP contribution in [0.15, 0.2) is 47.7 Å². The van der Waals surface area contributed by atoms with Gasteiger partial charge in [0.05, 0.1) is 22.3 Å². The summed E-state index contributed by atoms with van der Waals surface area (Å²) in [6.07, 6.45) is 1.23. The fourth-order valence-electron chi connectivity index (χ4n) is 3.70. The zero-order valence-electron chi connectivity index (χ0n) is 14.5. The van der Waals surface area contributed by atoms with Gasteiger partial charge in [-0.2, -0.15) is 0 Å². The number of hydrogen-bond acceptors (Lipinski definition) is 6. The van der Waals surface area contributed by atoms with Crippen molar-refractivity contribution in [3.8, 4) is 0 Å². The van der Waals surface area contributed by atoms with Crippen molar-refractivity contribution in [2.75, 3.05) is 10.6 Å². The lowest BCUT2D eigenvalue weighted by molar-refractivity contribution is -0.380. The van der Waals surface area contributed by atoms with Crippen LogP contribution in [-0.4, -0.2) is 10.7 Å². The summed E-state index contributed by atoms with van der Waals surface area (Å²) in [6, 6.07) is 10.7. The van der Waals surface area contributed by atoms with Gasteiger partial charge in [-0.1, -0.05) is 37.3 Å². The Bertz CT molecular complexity index is 945. The molecular weight excluding hydrogens is 350 g/mol. The monoisotopic (exact) mass is 369 g/mol. The van der Waals surface area contributed by atoms with Crippen LogP contribution in [0.1, 0.15) is 37.6 Å². The average Bonchev–Trinajstić information content (AvgIpc) is 2.98. The molecule has 134 valence electrons. The maximum Gasteiger partial charge on any atom is 0.324 e. The highest BCUT2D eigenvalue weighted by molar-refractivity contribution is 7.15. The van der Waals surface area contributed by atoms with Crippen molar-refractivity contribution in [1.29, 1.82) is 0 Å². The molecule has 6 nitrogen and oxygen atoms in total. The zero-order valence-corrected chi connectivity index (χ0v) is 15.4. The van der Waals surface area contributed by atoms with Crippen molar-refractivity contribution in [1.82, 2.24) is 0 Å². The summed E-state index contributed by atoms with van der Waals surface area (Å²) in [7, 11) is 0. The van der Waals surface area contributed by atoms with Gasteiger partial charge in [0, 0.05) is 28.6 Å². The summed E-state index contributed by atoms with van der Waals surface area (Å²) in [5.74, 6) is 0.0881. The second-order valence-electron chi connectivity index (χ2n) is 7.51. The molecule has 7 heteroatoms. The molecule has 1 aliphatic heterocycles. The van der Waals surface area contributed by atoms with Crippen molar-refractivity contribution in [3.05, 3.63) is 62.7 Å². The molecule has 1 aromatic carbocycles. The van der Waals surface area contributed by atoms with Crippen LogP contribution < -0.4 is 10.6 Å². The van der Waals surface area contributed by atoms with Crippen molar-refractivity contribution in [2.45, 2.75) is 32.7 Å². The van der Waals surface area contributed by atoms with E-state index in [0.29, 0.717) is 12.0 Å². The van der Waals surface area contributed by atoms with E-state index in [2.05, 4.69) is 24.5 Å².